The van der Waals surface area contributed by atoms with Gasteiger partial charge in [-0.25, -0.2) is 0 Å². The molecule has 2 aliphatic heterocycles. The van der Waals surface area contributed by atoms with Crippen molar-refractivity contribution in [3.63, 3.8) is 0 Å². The standard InChI is InChI=1S/C30H39F6N5O3/c1-5-6-21-15-25(28(43,29(31,32)33)30(34,35)36)37-16-24(21)40-11-13-41(14-12-40)26(42)17-39-18-27(4,38-19-39)22-7-9-23(10-8-22)44-20(2)3/h7-10,15-16,20,38,43H,5-6,11-14,17-19H2,1-4H3. The molecule has 4 rings (SSSR count). The molecule has 2 saturated heterocycles. The van der Waals surface area contributed by atoms with E-state index in [1.807, 2.05) is 43.0 Å². The molecule has 0 spiro atoms. The van der Waals surface area contributed by atoms with Crippen LogP contribution >= 0.6 is 0 Å². The molecule has 2 aliphatic rings. The molecule has 1 unspecified atom stereocenters. The summed E-state index contributed by atoms with van der Waals surface area (Å²) in [6.07, 6.45) is -10.4. The highest BCUT2D eigenvalue weighted by Gasteiger charge is 2.72. The maximum Gasteiger partial charge on any atom is 0.432 e. The normalized spacial score (nSPS) is 20.5. The van der Waals surface area contributed by atoms with E-state index in [9.17, 15) is 36.2 Å². The average Bonchev–Trinajstić information content (AvgIpc) is 3.32. The van der Waals surface area contributed by atoms with E-state index < -0.39 is 23.6 Å². The van der Waals surface area contributed by atoms with Crippen molar-refractivity contribution in [3.05, 3.63) is 53.3 Å². The molecule has 14 heteroatoms. The van der Waals surface area contributed by atoms with E-state index in [0.717, 1.165) is 17.5 Å². The largest absolute Gasteiger partial charge is 0.491 e. The molecule has 1 amide bonds. The fraction of sp³-hybridized carbons (Fsp3) is 0.600. The van der Waals surface area contributed by atoms with Gasteiger partial charge >= 0.3 is 12.4 Å². The number of ether oxygens (including phenoxy) is 1. The van der Waals surface area contributed by atoms with Gasteiger partial charge in [-0.1, -0.05) is 25.5 Å². The van der Waals surface area contributed by atoms with Crippen molar-refractivity contribution in [2.75, 3.05) is 50.8 Å². The molecular weight excluding hydrogens is 592 g/mol. The Hall–Kier alpha value is -3.10. The van der Waals surface area contributed by atoms with E-state index in [4.69, 9.17) is 4.74 Å². The minimum atomic E-state index is -6.01. The van der Waals surface area contributed by atoms with Crippen LogP contribution in [0.5, 0.6) is 5.75 Å². The van der Waals surface area contributed by atoms with Crippen LogP contribution in [0.1, 0.15) is 50.9 Å². The maximum absolute atomic E-state index is 13.4. The number of hydrogen-bond donors (Lipinski definition) is 2. The number of nitrogens with zero attached hydrogens (tertiary/aromatic N) is 4. The highest BCUT2D eigenvalue weighted by molar-refractivity contribution is 5.78. The lowest BCUT2D eigenvalue weighted by Crippen LogP contribution is -2.54. The molecule has 0 saturated carbocycles. The van der Waals surface area contributed by atoms with Gasteiger partial charge in [0, 0.05) is 39.4 Å². The van der Waals surface area contributed by atoms with Crippen LogP contribution in [0, 0.1) is 0 Å². The monoisotopic (exact) mass is 631 g/mol. The van der Waals surface area contributed by atoms with E-state index in [-0.39, 0.29) is 36.1 Å². The number of piperazine rings is 1. The Balaban J connectivity index is 1.38. The summed E-state index contributed by atoms with van der Waals surface area (Å²) in [6.45, 7) is 10.4. The van der Waals surface area contributed by atoms with Crippen LogP contribution < -0.4 is 15.0 Å². The van der Waals surface area contributed by atoms with Crippen LogP contribution in [0.2, 0.25) is 0 Å². The number of rotatable bonds is 9. The number of aromatic nitrogens is 1. The molecule has 1 atom stereocenters. The topological polar surface area (TPSA) is 81.2 Å². The zero-order valence-corrected chi connectivity index (χ0v) is 25.2. The van der Waals surface area contributed by atoms with Crippen LogP contribution in [-0.2, 0) is 22.4 Å². The van der Waals surface area contributed by atoms with Gasteiger partial charge in [0.15, 0.2) is 0 Å². The summed E-state index contributed by atoms with van der Waals surface area (Å²) < 4.78 is 86.3. The number of hydrogen-bond acceptors (Lipinski definition) is 7. The van der Waals surface area contributed by atoms with E-state index >= 15 is 0 Å². The van der Waals surface area contributed by atoms with Crippen molar-refractivity contribution in [1.82, 2.24) is 20.1 Å². The second-order valence-corrected chi connectivity index (χ2v) is 11.9. The first kappa shape index (κ1) is 33.8. The number of halogens is 6. The Labute approximate surface area is 253 Å². The number of pyridine rings is 1. The van der Waals surface area contributed by atoms with Gasteiger partial charge in [-0.05, 0) is 56.5 Å². The first-order chi connectivity index (χ1) is 20.5. The molecule has 1 aromatic carbocycles. The highest BCUT2D eigenvalue weighted by atomic mass is 19.4. The van der Waals surface area contributed by atoms with Crippen molar-refractivity contribution in [2.24, 2.45) is 0 Å². The number of nitrogens with one attached hydrogen (secondary N) is 1. The van der Waals surface area contributed by atoms with Gasteiger partial charge < -0.3 is 19.6 Å². The van der Waals surface area contributed by atoms with Crippen molar-refractivity contribution in [3.8, 4) is 5.75 Å². The third-order valence-corrected chi connectivity index (χ3v) is 8.10. The Morgan fingerprint density at radius 1 is 1.07 bits per heavy atom. The molecule has 3 heterocycles. The molecule has 44 heavy (non-hydrogen) atoms. The van der Waals surface area contributed by atoms with E-state index in [2.05, 4.69) is 17.2 Å². The SMILES string of the molecule is CCCc1cc(C(O)(C(F)(F)F)C(F)(F)F)ncc1N1CCN(C(=O)CN2CNC(C)(c3ccc(OC(C)C)cc3)C2)CC1. The number of amides is 1. The zero-order valence-electron chi connectivity index (χ0n) is 25.2. The van der Waals surface area contributed by atoms with Crippen LogP contribution in [0.25, 0.3) is 0 Å². The van der Waals surface area contributed by atoms with Gasteiger partial charge in [-0.3, -0.25) is 20.0 Å². The smallest absolute Gasteiger partial charge is 0.432 e. The molecule has 1 aromatic heterocycles. The number of aliphatic hydroxyl groups is 1. The van der Waals surface area contributed by atoms with E-state index in [0.29, 0.717) is 57.6 Å². The maximum atomic E-state index is 13.4. The number of aryl methyl sites for hydroxylation is 1. The average molecular weight is 632 g/mol. The van der Waals surface area contributed by atoms with Gasteiger partial charge in [-0.2, -0.15) is 26.3 Å². The third kappa shape index (κ3) is 6.91. The zero-order chi connectivity index (χ0) is 32.5. The highest BCUT2D eigenvalue weighted by Crippen LogP contribution is 2.50. The number of alkyl halides is 6. The molecule has 244 valence electrons. The number of benzene rings is 1. The quantitative estimate of drug-likeness (QED) is 0.393. The lowest BCUT2D eigenvalue weighted by atomic mass is 9.93. The predicted octanol–water partition coefficient (Wildman–Crippen LogP) is 4.56. The van der Waals surface area contributed by atoms with Gasteiger partial charge in [0.25, 0.3) is 5.60 Å². The third-order valence-electron chi connectivity index (χ3n) is 8.10. The fourth-order valence-electron chi connectivity index (χ4n) is 5.71. The van der Waals surface area contributed by atoms with Crippen molar-refractivity contribution in [2.45, 2.75) is 70.1 Å². The fourth-order valence-corrected chi connectivity index (χ4v) is 5.71. The second-order valence-electron chi connectivity index (χ2n) is 11.9. The summed E-state index contributed by atoms with van der Waals surface area (Å²) in [7, 11) is 0. The summed E-state index contributed by atoms with van der Waals surface area (Å²) in [4.78, 5) is 22.2. The first-order valence-electron chi connectivity index (χ1n) is 14.6. The summed E-state index contributed by atoms with van der Waals surface area (Å²) in [5, 5.41) is 13.3. The summed E-state index contributed by atoms with van der Waals surface area (Å²) in [6, 6.07) is 8.57. The van der Waals surface area contributed by atoms with Crippen molar-refractivity contribution < 1.29 is 41.0 Å². The molecule has 2 N–H and O–H groups in total. The first-order valence-corrected chi connectivity index (χ1v) is 14.6. The summed E-state index contributed by atoms with van der Waals surface area (Å²) in [5.74, 6) is 0.716. The molecule has 2 aromatic rings. The van der Waals surface area contributed by atoms with E-state index in [1.54, 1.807) is 16.7 Å². The van der Waals surface area contributed by atoms with Gasteiger partial charge in [-0.15, -0.1) is 0 Å². The van der Waals surface area contributed by atoms with E-state index in [1.165, 1.54) is 0 Å². The summed E-state index contributed by atoms with van der Waals surface area (Å²) >= 11 is 0. The van der Waals surface area contributed by atoms with Crippen LogP contribution in [0.15, 0.2) is 36.5 Å². The Bertz CT molecular complexity index is 1280. The Morgan fingerprint density at radius 2 is 1.68 bits per heavy atom. The second kappa shape index (κ2) is 12.7. The Kier molecular flexibility index (Phi) is 9.77. The predicted molar refractivity (Wildman–Crippen MR) is 152 cm³/mol. The lowest BCUT2D eigenvalue weighted by Gasteiger charge is -2.38. The van der Waals surface area contributed by atoms with Crippen molar-refractivity contribution in [1.29, 1.82) is 0 Å². The lowest BCUT2D eigenvalue weighted by molar-refractivity contribution is -0.377. The molecule has 2 fully saturated rings. The minimum absolute atomic E-state index is 0.0703. The minimum Gasteiger partial charge on any atom is -0.491 e. The van der Waals surface area contributed by atoms with Gasteiger partial charge in [0.2, 0.25) is 5.91 Å². The molecule has 8 nitrogen and oxygen atoms in total. The number of carbonyl (C=O) groups is 1. The molecule has 0 aliphatic carbocycles. The number of carbonyl (C=O) groups excluding carboxylic acids is 1. The van der Waals surface area contributed by atoms with Gasteiger partial charge in [0.05, 0.1) is 35.8 Å². The van der Waals surface area contributed by atoms with Crippen LogP contribution in [-0.4, -0.2) is 90.2 Å². The molecule has 0 radical (unpaired) electrons. The summed E-state index contributed by atoms with van der Waals surface area (Å²) in [5.41, 5.74) is -5.27. The van der Waals surface area contributed by atoms with Crippen LogP contribution in [0.3, 0.4) is 0 Å². The number of anilines is 1. The Morgan fingerprint density at radius 3 is 2.23 bits per heavy atom. The van der Waals surface area contributed by atoms with Gasteiger partial charge in [0.1, 0.15) is 5.75 Å². The molecular formula is C30H39F6N5O3. The van der Waals surface area contributed by atoms with Crippen LogP contribution in [0.4, 0.5) is 32.0 Å². The molecule has 0 bridgehead atoms. The van der Waals surface area contributed by atoms with Crippen molar-refractivity contribution >= 4 is 11.6 Å².